The van der Waals surface area contributed by atoms with Crippen LogP contribution in [0.15, 0.2) is 18.2 Å². The third-order valence-electron chi connectivity index (χ3n) is 4.28. The molecule has 110 valence electrons. The Morgan fingerprint density at radius 1 is 1.25 bits per heavy atom. The summed E-state index contributed by atoms with van der Waals surface area (Å²) in [6.45, 7) is 5.23. The van der Waals surface area contributed by atoms with Crippen LogP contribution in [0.4, 0.5) is 4.39 Å². The van der Waals surface area contributed by atoms with E-state index in [1.807, 2.05) is 0 Å². The molecule has 1 aromatic carbocycles. The lowest BCUT2D eigenvalue weighted by molar-refractivity contribution is 0.118. The topological polar surface area (TPSA) is 24.5 Å². The van der Waals surface area contributed by atoms with Gasteiger partial charge >= 0.3 is 0 Å². The van der Waals surface area contributed by atoms with E-state index in [1.54, 1.807) is 12.1 Å². The second kappa shape index (κ2) is 6.55. The smallest absolute Gasteiger partial charge is 0.123 e. The third-order valence-corrected chi connectivity index (χ3v) is 4.28. The number of hydrogen-bond acceptors (Lipinski definition) is 3. The summed E-state index contributed by atoms with van der Waals surface area (Å²) in [5.41, 5.74) is 1.01. The highest BCUT2D eigenvalue weighted by Crippen LogP contribution is 2.28. The maximum atomic E-state index is 13.5. The Kier molecular flexibility index (Phi) is 4.53. The fourth-order valence-corrected chi connectivity index (χ4v) is 2.74. The molecule has 2 fully saturated rings. The van der Waals surface area contributed by atoms with Crippen molar-refractivity contribution in [1.29, 1.82) is 0 Å². The molecular weight excluding hydrogens is 255 g/mol. The van der Waals surface area contributed by atoms with Crippen molar-refractivity contribution in [1.82, 2.24) is 10.2 Å². The van der Waals surface area contributed by atoms with Gasteiger partial charge in [-0.05, 0) is 49.4 Å². The molecule has 0 spiro atoms. The van der Waals surface area contributed by atoms with Gasteiger partial charge in [-0.2, -0.15) is 0 Å². The maximum Gasteiger partial charge on any atom is 0.123 e. The summed E-state index contributed by atoms with van der Waals surface area (Å²) in [5, 5.41) is 3.35. The minimum atomic E-state index is -0.165. The first kappa shape index (κ1) is 13.8. The van der Waals surface area contributed by atoms with Gasteiger partial charge in [-0.25, -0.2) is 4.39 Å². The monoisotopic (exact) mass is 278 g/mol. The van der Waals surface area contributed by atoms with E-state index in [2.05, 4.69) is 10.2 Å². The zero-order valence-electron chi connectivity index (χ0n) is 11.9. The summed E-state index contributed by atoms with van der Waals surface area (Å²) >= 11 is 0. The number of piperazine rings is 1. The number of benzene rings is 1. The SMILES string of the molecule is Fc1ccc(OC2CCC2)c(CCN2CCNCC2)c1. The van der Waals surface area contributed by atoms with Gasteiger partial charge in [0.2, 0.25) is 0 Å². The Balaban J connectivity index is 1.61. The van der Waals surface area contributed by atoms with Crippen molar-refractivity contribution in [3.05, 3.63) is 29.6 Å². The summed E-state index contributed by atoms with van der Waals surface area (Å²) < 4.78 is 19.4. The predicted molar refractivity (Wildman–Crippen MR) is 77.7 cm³/mol. The van der Waals surface area contributed by atoms with Crippen LogP contribution in [0.3, 0.4) is 0 Å². The van der Waals surface area contributed by atoms with Crippen molar-refractivity contribution in [2.45, 2.75) is 31.8 Å². The number of hydrogen-bond donors (Lipinski definition) is 1. The Morgan fingerprint density at radius 2 is 2.05 bits per heavy atom. The third kappa shape index (κ3) is 3.49. The molecule has 0 amide bonds. The van der Waals surface area contributed by atoms with Crippen LogP contribution in [0.2, 0.25) is 0 Å². The van der Waals surface area contributed by atoms with Crippen molar-refractivity contribution in [3.63, 3.8) is 0 Å². The summed E-state index contributed by atoms with van der Waals surface area (Å²) in [6, 6.07) is 4.93. The molecule has 1 N–H and O–H groups in total. The first-order valence-electron chi connectivity index (χ1n) is 7.69. The molecule has 1 saturated heterocycles. The summed E-state index contributed by atoms with van der Waals surface area (Å²) in [6.07, 6.45) is 4.73. The highest BCUT2D eigenvalue weighted by molar-refractivity contribution is 5.34. The molecule has 4 heteroatoms. The molecule has 1 heterocycles. The van der Waals surface area contributed by atoms with Crippen LogP contribution < -0.4 is 10.1 Å². The van der Waals surface area contributed by atoms with Gasteiger partial charge in [-0.3, -0.25) is 0 Å². The number of rotatable bonds is 5. The van der Waals surface area contributed by atoms with Gasteiger partial charge in [0, 0.05) is 32.7 Å². The van der Waals surface area contributed by atoms with Crippen LogP contribution in [0, 0.1) is 5.82 Å². The van der Waals surface area contributed by atoms with Crippen LogP contribution >= 0.6 is 0 Å². The van der Waals surface area contributed by atoms with E-state index in [-0.39, 0.29) is 5.82 Å². The van der Waals surface area contributed by atoms with Crippen molar-refractivity contribution in [3.8, 4) is 5.75 Å². The van der Waals surface area contributed by atoms with Crippen LogP contribution in [0.25, 0.3) is 0 Å². The van der Waals surface area contributed by atoms with E-state index < -0.39 is 0 Å². The average molecular weight is 278 g/mol. The lowest BCUT2D eigenvalue weighted by atomic mass is 9.96. The Morgan fingerprint density at radius 3 is 2.75 bits per heavy atom. The highest BCUT2D eigenvalue weighted by atomic mass is 19.1. The molecule has 0 atom stereocenters. The lowest BCUT2D eigenvalue weighted by Gasteiger charge is -2.29. The lowest BCUT2D eigenvalue weighted by Crippen LogP contribution is -2.44. The minimum absolute atomic E-state index is 0.165. The van der Waals surface area contributed by atoms with Gasteiger partial charge in [0.25, 0.3) is 0 Å². The van der Waals surface area contributed by atoms with Crippen molar-refractivity contribution >= 4 is 0 Å². The van der Waals surface area contributed by atoms with Gasteiger partial charge in [-0.1, -0.05) is 0 Å². The van der Waals surface area contributed by atoms with Crippen molar-refractivity contribution in [2.75, 3.05) is 32.7 Å². The summed E-state index contributed by atoms with van der Waals surface area (Å²) in [4.78, 5) is 2.43. The molecule has 1 aliphatic heterocycles. The molecular formula is C16H23FN2O. The van der Waals surface area contributed by atoms with Gasteiger partial charge in [0.15, 0.2) is 0 Å². The van der Waals surface area contributed by atoms with Gasteiger partial charge in [0.1, 0.15) is 11.6 Å². The quantitative estimate of drug-likeness (QED) is 0.893. The molecule has 0 unspecified atom stereocenters. The van der Waals surface area contributed by atoms with E-state index in [4.69, 9.17) is 4.74 Å². The van der Waals surface area contributed by atoms with Gasteiger partial charge in [-0.15, -0.1) is 0 Å². The molecule has 1 saturated carbocycles. The second-order valence-corrected chi connectivity index (χ2v) is 5.76. The zero-order valence-corrected chi connectivity index (χ0v) is 11.9. The number of nitrogens with zero attached hydrogens (tertiary/aromatic N) is 1. The number of ether oxygens (including phenoxy) is 1. The normalized spacial score (nSPS) is 20.6. The first-order valence-corrected chi connectivity index (χ1v) is 7.69. The first-order chi connectivity index (χ1) is 9.81. The van der Waals surface area contributed by atoms with E-state index in [1.165, 1.54) is 12.5 Å². The Bertz CT molecular complexity index is 442. The number of halogens is 1. The molecule has 3 rings (SSSR count). The van der Waals surface area contributed by atoms with Gasteiger partial charge in [0.05, 0.1) is 6.10 Å². The Hall–Kier alpha value is -1.13. The second-order valence-electron chi connectivity index (χ2n) is 5.76. The fourth-order valence-electron chi connectivity index (χ4n) is 2.74. The van der Waals surface area contributed by atoms with Crippen molar-refractivity contribution < 1.29 is 9.13 Å². The standard InChI is InChI=1S/C16H23FN2O/c17-14-4-5-16(20-15-2-1-3-15)13(12-14)6-9-19-10-7-18-8-11-19/h4-5,12,15,18H,1-3,6-11H2. The maximum absolute atomic E-state index is 13.5. The Labute approximate surface area is 120 Å². The molecule has 0 radical (unpaired) electrons. The largest absolute Gasteiger partial charge is 0.490 e. The minimum Gasteiger partial charge on any atom is -0.490 e. The van der Waals surface area contributed by atoms with E-state index >= 15 is 0 Å². The molecule has 20 heavy (non-hydrogen) atoms. The van der Waals surface area contributed by atoms with Crippen LogP contribution in [0.5, 0.6) is 5.75 Å². The molecule has 1 aliphatic carbocycles. The average Bonchev–Trinajstić information content (AvgIpc) is 2.43. The van der Waals surface area contributed by atoms with Gasteiger partial charge < -0.3 is 15.0 Å². The van der Waals surface area contributed by atoms with E-state index in [0.717, 1.165) is 63.3 Å². The highest BCUT2D eigenvalue weighted by Gasteiger charge is 2.20. The van der Waals surface area contributed by atoms with Crippen LogP contribution in [-0.2, 0) is 6.42 Å². The molecule has 0 aromatic heterocycles. The molecule has 2 aliphatic rings. The van der Waals surface area contributed by atoms with E-state index in [0.29, 0.717) is 6.10 Å². The van der Waals surface area contributed by atoms with Crippen molar-refractivity contribution in [2.24, 2.45) is 0 Å². The molecule has 3 nitrogen and oxygen atoms in total. The van der Waals surface area contributed by atoms with Crippen LogP contribution in [-0.4, -0.2) is 43.7 Å². The molecule has 1 aromatic rings. The van der Waals surface area contributed by atoms with E-state index in [9.17, 15) is 4.39 Å². The predicted octanol–water partition coefficient (Wildman–Crippen LogP) is 2.20. The number of nitrogens with one attached hydrogen (secondary N) is 1. The summed E-state index contributed by atoms with van der Waals surface area (Å²) in [5.74, 6) is 0.715. The fraction of sp³-hybridized carbons (Fsp3) is 0.625. The van der Waals surface area contributed by atoms with Crippen LogP contribution in [0.1, 0.15) is 24.8 Å². The summed E-state index contributed by atoms with van der Waals surface area (Å²) in [7, 11) is 0. The zero-order chi connectivity index (χ0) is 13.8. The molecule has 0 bridgehead atoms.